The largest absolute Gasteiger partial charge is 0.346 e. The smallest absolute Gasteiger partial charge is 0.223 e. The third-order valence-corrected chi connectivity index (χ3v) is 3.35. The van der Waals surface area contributed by atoms with Gasteiger partial charge in [-0.15, -0.1) is 0 Å². The summed E-state index contributed by atoms with van der Waals surface area (Å²) in [4.78, 5) is 0. The lowest BCUT2D eigenvalue weighted by atomic mass is 10.1. The molecule has 0 saturated heterocycles. The highest BCUT2D eigenvalue weighted by atomic mass is 16.7. The maximum atomic E-state index is 5.46. The second kappa shape index (κ2) is 16.0. The molecule has 0 saturated carbocycles. The minimum atomic E-state index is 0.715. The first-order valence-electron chi connectivity index (χ1n) is 8.46. The predicted octanol–water partition coefficient (Wildman–Crippen LogP) is 5.86. The Morgan fingerprint density at radius 2 is 1.00 bits per heavy atom. The van der Waals surface area contributed by atoms with Crippen molar-refractivity contribution in [1.82, 2.24) is 0 Å². The standard InChI is InChI=1S/C17H35O2/c1-4-7-8-9-10-11-12-13-14-15-16-17(18-5-2)19-6-3/h4-16H2,1-3H3. The molecule has 1 radical (unpaired) electrons. The van der Waals surface area contributed by atoms with Crippen LogP contribution in [0, 0.1) is 6.29 Å². The van der Waals surface area contributed by atoms with Gasteiger partial charge < -0.3 is 9.47 Å². The van der Waals surface area contributed by atoms with Crippen LogP contribution in [0.15, 0.2) is 0 Å². The van der Waals surface area contributed by atoms with Crippen molar-refractivity contribution >= 4 is 0 Å². The minimum Gasteiger partial charge on any atom is -0.346 e. The van der Waals surface area contributed by atoms with Crippen LogP contribution in [0.4, 0.5) is 0 Å². The van der Waals surface area contributed by atoms with E-state index in [1.807, 2.05) is 13.8 Å². The summed E-state index contributed by atoms with van der Waals surface area (Å²) in [6, 6.07) is 0. The molecule has 0 amide bonds. The summed E-state index contributed by atoms with van der Waals surface area (Å²) in [6.45, 7) is 7.73. The van der Waals surface area contributed by atoms with Crippen molar-refractivity contribution in [3.05, 3.63) is 6.29 Å². The number of hydrogen-bond acceptors (Lipinski definition) is 2. The molecule has 0 aliphatic carbocycles. The summed E-state index contributed by atoms with van der Waals surface area (Å²) >= 11 is 0. The van der Waals surface area contributed by atoms with E-state index in [1.54, 1.807) is 0 Å². The third kappa shape index (κ3) is 14.1. The van der Waals surface area contributed by atoms with Gasteiger partial charge in [0.15, 0.2) is 0 Å². The summed E-state index contributed by atoms with van der Waals surface area (Å²) in [5, 5.41) is 0. The zero-order chi connectivity index (χ0) is 14.2. The molecule has 2 heteroatoms. The van der Waals surface area contributed by atoms with Gasteiger partial charge >= 0.3 is 0 Å². The Labute approximate surface area is 121 Å². The van der Waals surface area contributed by atoms with Gasteiger partial charge in [-0.2, -0.15) is 0 Å². The van der Waals surface area contributed by atoms with Crippen molar-refractivity contribution in [2.45, 2.75) is 91.4 Å². The Balaban J connectivity index is 3.20. The van der Waals surface area contributed by atoms with Gasteiger partial charge in [0.25, 0.3) is 0 Å². The van der Waals surface area contributed by atoms with Crippen LogP contribution >= 0.6 is 0 Å². The fourth-order valence-electron chi connectivity index (χ4n) is 2.26. The van der Waals surface area contributed by atoms with Gasteiger partial charge in [-0.1, -0.05) is 64.7 Å². The second-order valence-corrected chi connectivity index (χ2v) is 5.17. The van der Waals surface area contributed by atoms with Gasteiger partial charge in [0.2, 0.25) is 6.29 Å². The van der Waals surface area contributed by atoms with Crippen LogP contribution in [-0.2, 0) is 9.47 Å². The quantitative estimate of drug-likeness (QED) is 0.347. The van der Waals surface area contributed by atoms with Crippen LogP contribution < -0.4 is 0 Å². The van der Waals surface area contributed by atoms with Crippen LogP contribution in [-0.4, -0.2) is 13.2 Å². The van der Waals surface area contributed by atoms with Crippen LogP contribution in [0.1, 0.15) is 91.4 Å². The van der Waals surface area contributed by atoms with Crippen molar-refractivity contribution in [2.75, 3.05) is 13.2 Å². The highest BCUT2D eigenvalue weighted by molar-refractivity contribution is 4.65. The molecule has 0 N–H and O–H groups in total. The molecular weight excluding hydrogens is 236 g/mol. The lowest BCUT2D eigenvalue weighted by Gasteiger charge is -2.14. The first-order valence-corrected chi connectivity index (χ1v) is 8.46. The number of rotatable bonds is 15. The molecule has 0 aliphatic heterocycles. The van der Waals surface area contributed by atoms with E-state index in [0.29, 0.717) is 13.2 Å². The van der Waals surface area contributed by atoms with E-state index in [0.717, 1.165) is 12.7 Å². The van der Waals surface area contributed by atoms with Crippen molar-refractivity contribution in [1.29, 1.82) is 0 Å². The molecule has 0 aromatic rings. The molecule has 2 nitrogen and oxygen atoms in total. The molecule has 0 atom stereocenters. The Bertz CT molecular complexity index is 153. The fourth-order valence-corrected chi connectivity index (χ4v) is 2.26. The molecule has 0 fully saturated rings. The Morgan fingerprint density at radius 1 is 0.579 bits per heavy atom. The van der Waals surface area contributed by atoms with Crippen molar-refractivity contribution in [2.24, 2.45) is 0 Å². The van der Waals surface area contributed by atoms with Crippen LogP contribution in [0.3, 0.4) is 0 Å². The molecule has 115 valence electrons. The predicted molar refractivity (Wildman–Crippen MR) is 83.0 cm³/mol. The summed E-state index contributed by atoms with van der Waals surface area (Å²) in [5.41, 5.74) is 0. The molecule has 0 spiro atoms. The van der Waals surface area contributed by atoms with E-state index in [4.69, 9.17) is 9.47 Å². The number of hydrogen-bond donors (Lipinski definition) is 0. The van der Waals surface area contributed by atoms with E-state index in [1.165, 1.54) is 64.2 Å². The molecule has 19 heavy (non-hydrogen) atoms. The Morgan fingerprint density at radius 3 is 1.42 bits per heavy atom. The third-order valence-electron chi connectivity index (χ3n) is 3.35. The molecule has 0 aliphatic rings. The average molecular weight is 271 g/mol. The maximum absolute atomic E-state index is 5.46. The SMILES string of the molecule is CCCCCCCCCCCC[C](OCC)OCC. The first kappa shape index (κ1) is 18.9. The summed E-state index contributed by atoms with van der Waals surface area (Å²) in [5.74, 6) is 0. The van der Waals surface area contributed by atoms with E-state index in [-0.39, 0.29) is 0 Å². The molecule has 0 rings (SSSR count). The van der Waals surface area contributed by atoms with Gasteiger partial charge in [-0.25, -0.2) is 0 Å². The van der Waals surface area contributed by atoms with Crippen molar-refractivity contribution < 1.29 is 9.47 Å². The van der Waals surface area contributed by atoms with Gasteiger partial charge in [-0.3, -0.25) is 0 Å². The zero-order valence-electron chi connectivity index (χ0n) is 13.5. The van der Waals surface area contributed by atoms with Gasteiger partial charge in [0.05, 0.1) is 0 Å². The second-order valence-electron chi connectivity index (χ2n) is 5.17. The maximum Gasteiger partial charge on any atom is 0.223 e. The molecule has 0 aromatic heterocycles. The summed E-state index contributed by atoms with van der Waals surface area (Å²) in [7, 11) is 0. The normalized spacial score (nSPS) is 11.4. The van der Waals surface area contributed by atoms with Gasteiger partial charge in [0, 0.05) is 19.6 Å². The van der Waals surface area contributed by atoms with Crippen molar-refractivity contribution in [3.63, 3.8) is 0 Å². The van der Waals surface area contributed by atoms with Gasteiger partial charge in [0.1, 0.15) is 0 Å². The monoisotopic (exact) mass is 271 g/mol. The topological polar surface area (TPSA) is 18.5 Å². The summed E-state index contributed by atoms with van der Waals surface area (Å²) in [6.07, 6.45) is 15.5. The Hall–Kier alpha value is -0.0800. The highest BCUT2D eigenvalue weighted by Gasteiger charge is 2.08. The lowest BCUT2D eigenvalue weighted by molar-refractivity contribution is -0.0433. The molecule has 0 bridgehead atoms. The van der Waals surface area contributed by atoms with E-state index >= 15 is 0 Å². The van der Waals surface area contributed by atoms with Crippen LogP contribution in [0.25, 0.3) is 0 Å². The highest BCUT2D eigenvalue weighted by Crippen LogP contribution is 2.17. The van der Waals surface area contributed by atoms with E-state index < -0.39 is 0 Å². The molecule has 0 heterocycles. The van der Waals surface area contributed by atoms with Crippen molar-refractivity contribution in [3.8, 4) is 0 Å². The van der Waals surface area contributed by atoms with Gasteiger partial charge in [-0.05, 0) is 20.3 Å². The lowest BCUT2D eigenvalue weighted by Crippen LogP contribution is -2.08. The van der Waals surface area contributed by atoms with E-state index in [2.05, 4.69) is 6.92 Å². The average Bonchev–Trinajstić information content (AvgIpc) is 2.41. The Kier molecular flexibility index (Phi) is 15.9. The van der Waals surface area contributed by atoms with Crippen LogP contribution in [0.5, 0.6) is 0 Å². The molecule has 0 aromatic carbocycles. The number of ether oxygens (including phenoxy) is 2. The zero-order valence-corrected chi connectivity index (χ0v) is 13.5. The summed E-state index contributed by atoms with van der Waals surface area (Å²) < 4.78 is 10.9. The molecule has 0 unspecified atom stereocenters. The first-order chi connectivity index (χ1) is 9.35. The minimum absolute atomic E-state index is 0.715. The van der Waals surface area contributed by atoms with Crippen LogP contribution in [0.2, 0.25) is 0 Å². The number of unbranched alkanes of at least 4 members (excludes halogenated alkanes) is 9. The fraction of sp³-hybridized carbons (Fsp3) is 0.941. The van der Waals surface area contributed by atoms with E-state index in [9.17, 15) is 0 Å². The molecular formula is C17H35O2.